The van der Waals surface area contributed by atoms with Gasteiger partial charge in [-0.3, -0.25) is 0 Å². The van der Waals surface area contributed by atoms with Crippen LogP contribution in [0.25, 0.3) is 0 Å². The molecule has 1 aliphatic carbocycles. The highest BCUT2D eigenvalue weighted by atomic mass is 31.2. The molecule has 1 rings (SSSR count). The summed E-state index contributed by atoms with van der Waals surface area (Å²) in [5, 5.41) is 0. The highest BCUT2D eigenvalue weighted by molar-refractivity contribution is 7.73. The first kappa shape index (κ1) is 18.7. The molecule has 0 aromatic rings. The summed E-state index contributed by atoms with van der Waals surface area (Å²) in [6, 6.07) is 0. The van der Waals surface area contributed by atoms with Crippen LogP contribution in [-0.4, -0.2) is 26.2 Å². The second-order valence-electron chi connectivity index (χ2n) is 7.19. The van der Waals surface area contributed by atoms with Gasteiger partial charge in [0.05, 0.1) is 6.16 Å². The topological polar surface area (TPSA) is 0 Å². The van der Waals surface area contributed by atoms with Crippen molar-refractivity contribution in [3.05, 3.63) is 35.5 Å². The van der Waals surface area contributed by atoms with E-state index in [0.717, 1.165) is 0 Å². The van der Waals surface area contributed by atoms with Crippen LogP contribution >= 0.6 is 7.26 Å². The first-order valence-corrected chi connectivity index (χ1v) is 10.4. The van der Waals surface area contributed by atoms with Gasteiger partial charge in [0.15, 0.2) is 0 Å². The molecular weight excluding hydrogens is 247 g/mol. The normalized spacial score (nSPS) is 20.1. The minimum absolute atomic E-state index is 0. The van der Waals surface area contributed by atoms with E-state index in [-0.39, 0.29) is 7.43 Å². The van der Waals surface area contributed by atoms with Crippen molar-refractivity contribution in [1.82, 2.24) is 0 Å². The monoisotopic (exact) mass is 281 g/mol. The van der Waals surface area contributed by atoms with Crippen LogP contribution in [0, 0.1) is 5.41 Å². The third-order valence-electron chi connectivity index (χ3n) is 3.64. The van der Waals surface area contributed by atoms with E-state index in [9.17, 15) is 0 Å². The molecule has 0 aromatic carbocycles. The molecule has 0 unspecified atom stereocenters. The lowest BCUT2D eigenvalue weighted by Gasteiger charge is -2.30. The van der Waals surface area contributed by atoms with Gasteiger partial charge < -0.3 is 0 Å². The van der Waals surface area contributed by atoms with Gasteiger partial charge in [0.1, 0.15) is 0 Å². The Morgan fingerprint density at radius 1 is 1.32 bits per heavy atom. The minimum atomic E-state index is -0.676. The van der Waals surface area contributed by atoms with Gasteiger partial charge in [-0.15, -0.1) is 0 Å². The average Bonchev–Trinajstić information content (AvgIpc) is 2.23. The van der Waals surface area contributed by atoms with Crippen LogP contribution in [0.3, 0.4) is 0 Å². The highest BCUT2D eigenvalue weighted by Gasteiger charge is 2.23. The summed E-state index contributed by atoms with van der Waals surface area (Å²) in [5.41, 5.74) is 3.30. The molecule has 0 heterocycles. The van der Waals surface area contributed by atoms with Crippen molar-refractivity contribution in [2.45, 2.75) is 47.5 Å². The molecule has 19 heavy (non-hydrogen) atoms. The summed E-state index contributed by atoms with van der Waals surface area (Å²) in [6.45, 7) is 14.1. The Morgan fingerprint density at radius 2 is 1.95 bits per heavy atom. The molecule has 0 fully saturated rings. The van der Waals surface area contributed by atoms with Crippen molar-refractivity contribution < 1.29 is 0 Å². The molecule has 0 saturated heterocycles. The Bertz CT molecular complexity index is 362. The fourth-order valence-electron chi connectivity index (χ4n) is 2.22. The molecule has 0 bridgehead atoms. The van der Waals surface area contributed by atoms with E-state index >= 15 is 0 Å². The third-order valence-corrected chi connectivity index (χ3v) is 4.92. The Morgan fingerprint density at radius 3 is 2.47 bits per heavy atom. The summed E-state index contributed by atoms with van der Waals surface area (Å²) in [4.78, 5) is 0. The molecule has 0 spiro atoms. The van der Waals surface area contributed by atoms with Gasteiger partial charge in [-0.2, -0.15) is 0 Å². The molecule has 0 saturated carbocycles. The SMILES string of the molecule is C.CC(/C=C/C1=CCCCC1(C)C)=C\C[P+](C)(C)C. The molecule has 1 heteroatoms. The van der Waals surface area contributed by atoms with Gasteiger partial charge in [-0.1, -0.05) is 45.1 Å². The Balaban J connectivity index is 0.00000324. The van der Waals surface area contributed by atoms with Crippen LogP contribution in [-0.2, 0) is 0 Å². The van der Waals surface area contributed by atoms with Crippen LogP contribution in [0.1, 0.15) is 47.5 Å². The first-order valence-electron chi connectivity index (χ1n) is 7.07. The molecular formula is C18H34P+. The van der Waals surface area contributed by atoms with E-state index in [1.807, 2.05) is 0 Å². The zero-order chi connectivity index (χ0) is 13.8. The van der Waals surface area contributed by atoms with Crippen molar-refractivity contribution in [2.75, 3.05) is 26.2 Å². The minimum Gasteiger partial charge on any atom is -0.0808 e. The van der Waals surface area contributed by atoms with E-state index in [2.05, 4.69) is 65.1 Å². The Hall–Kier alpha value is -0.350. The predicted octanol–water partition coefficient (Wildman–Crippen LogP) is 6.17. The zero-order valence-electron chi connectivity index (χ0n) is 13.1. The quantitative estimate of drug-likeness (QED) is 0.427. The molecule has 0 nitrogen and oxygen atoms in total. The lowest BCUT2D eigenvalue weighted by atomic mass is 9.75. The van der Waals surface area contributed by atoms with Gasteiger partial charge >= 0.3 is 0 Å². The van der Waals surface area contributed by atoms with Gasteiger partial charge in [0, 0.05) is 27.3 Å². The zero-order valence-corrected chi connectivity index (χ0v) is 14.0. The second-order valence-corrected chi connectivity index (χ2v) is 12.1. The van der Waals surface area contributed by atoms with Crippen molar-refractivity contribution in [3.63, 3.8) is 0 Å². The summed E-state index contributed by atoms with van der Waals surface area (Å²) in [6.07, 6.45) is 14.6. The van der Waals surface area contributed by atoms with Gasteiger partial charge in [0.25, 0.3) is 0 Å². The maximum atomic E-state index is 2.42. The molecule has 0 aromatic heterocycles. The second kappa shape index (κ2) is 7.44. The van der Waals surface area contributed by atoms with Crippen molar-refractivity contribution in [3.8, 4) is 0 Å². The fraction of sp³-hybridized carbons (Fsp3) is 0.667. The van der Waals surface area contributed by atoms with Gasteiger partial charge in [-0.05, 0) is 43.3 Å². The smallest absolute Gasteiger partial charge is 0.0771 e. The molecule has 0 N–H and O–H groups in total. The van der Waals surface area contributed by atoms with E-state index in [0.29, 0.717) is 5.41 Å². The van der Waals surface area contributed by atoms with Crippen LogP contribution < -0.4 is 0 Å². The molecule has 0 radical (unpaired) electrons. The van der Waals surface area contributed by atoms with E-state index in [1.54, 1.807) is 0 Å². The number of hydrogen-bond donors (Lipinski definition) is 0. The first-order chi connectivity index (χ1) is 8.21. The van der Waals surface area contributed by atoms with Crippen molar-refractivity contribution in [2.24, 2.45) is 5.41 Å². The third kappa shape index (κ3) is 7.11. The summed E-state index contributed by atoms with van der Waals surface area (Å²) >= 11 is 0. The van der Waals surface area contributed by atoms with Crippen molar-refractivity contribution >= 4 is 7.26 Å². The summed E-state index contributed by atoms with van der Waals surface area (Å²) < 4.78 is 0. The predicted molar refractivity (Wildman–Crippen MR) is 94.9 cm³/mol. The molecule has 110 valence electrons. The lowest BCUT2D eigenvalue weighted by Crippen LogP contribution is -2.16. The van der Waals surface area contributed by atoms with Crippen molar-refractivity contribution in [1.29, 1.82) is 0 Å². The summed E-state index contributed by atoms with van der Waals surface area (Å²) in [5.74, 6) is 0. The lowest BCUT2D eigenvalue weighted by molar-refractivity contribution is 0.385. The molecule has 0 aliphatic heterocycles. The maximum Gasteiger partial charge on any atom is 0.0771 e. The largest absolute Gasteiger partial charge is 0.0808 e. The van der Waals surface area contributed by atoms with Crippen LogP contribution in [0.2, 0.25) is 0 Å². The Kier molecular flexibility index (Phi) is 7.30. The van der Waals surface area contributed by atoms with Gasteiger partial charge in [-0.25, -0.2) is 0 Å². The Labute approximate surface area is 122 Å². The number of rotatable bonds is 4. The van der Waals surface area contributed by atoms with Crippen LogP contribution in [0.5, 0.6) is 0 Å². The van der Waals surface area contributed by atoms with E-state index in [4.69, 9.17) is 0 Å². The number of hydrogen-bond acceptors (Lipinski definition) is 0. The van der Waals surface area contributed by atoms with Crippen LogP contribution in [0.4, 0.5) is 0 Å². The van der Waals surface area contributed by atoms with E-state index in [1.165, 1.54) is 36.6 Å². The maximum absolute atomic E-state index is 2.42. The highest BCUT2D eigenvalue weighted by Crippen LogP contribution is 2.46. The number of allylic oxidation sites excluding steroid dienone is 6. The van der Waals surface area contributed by atoms with Gasteiger partial charge in [0.2, 0.25) is 0 Å². The average molecular weight is 281 g/mol. The fourth-order valence-corrected chi connectivity index (χ4v) is 3.06. The standard InChI is InChI=1S/C17H30P.CH4/c1-15(12-14-18(4,5)6)10-11-16-9-7-8-13-17(16,2)3;/h9-12H,7-8,13-14H2,1-6H3;1H4/q+1;/b11-10+,15-12+;. The molecule has 1 aliphatic rings. The summed E-state index contributed by atoms with van der Waals surface area (Å²) in [7, 11) is -0.676. The molecule has 0 amide bonds. The molecule has 0 atom stereocenters. The van der Waals surface area contributed by atoms with Crippen LogP contribution in [0.15, 0.2) is 35.5 Å². The van der Waals surface area contributed by atoms with E-state index < -0.39 is 7.26 Å².